The molecule has 1 fully saturated rings. The molecule has 1 amide bonds. The number of ether oxygens (including phenoxy) is 1. The normalized spacial score (nSPS) is 35.5. The maximum Gasteiger partial charge on any atom is 0.216 e. The predicted molar refractivity (Wildman–Crippen MR) is 53.3 cm³/mol. The van der Waals surface area contributed by atoms with E-state index < -0.39 is 12.2 Å². The first kappa shape index (κ1) is 12.4. The van der Waals surface area contributed by atoms with E-state index in [1.54, 1.807) is 0 Å². The summed E-state index contributed by atoms with van der Waals surface area (Å²) in [7, 11) is 1.53. The van der Waals surface area contributed by atoms with Crippen LogP contribution in [0.2, 0.25) is 0 Å². The SMILES string of the molecule is COC[C@H]1N[C@H](CNC(C)=O)[C@@H](O)[C@@H]1O. The van der Waals surface area contributed by atoms with Crippen LogP contribution < -0.4 is 10.6 Å². The van der Waals surface area contributed by atoms with Gasteiger partial charge in [0.1, 0.15) is 0 Å². The molecule has 15 heavy (non-hydrogen) atoms. The van der Waals surface area contributed by atoms with Crippen LogP contribution in [0.4, 0.5) is 0 Å². The molecule has 1 saturated heterocycles. The monoisotopic (exact) mass is 218 g/mol. The Bertz CT molecular complexity index is 224. The minimum Gasteiger partial charge on any atom is -0.389 e. The van der Waals surface area contributed by atoms with Crippen LogP contribution >= 0.6 is 0 Å². The average molecular weight is 218 g/mol. The van der Waals surface area contributed by atoms with Gasteiger partial charge in [-0.05, 0) is 0 Å². The summed E-state index contributed by atoms with van der Waals surface area (Å²) in [5.74, 6) is -0.159. The summed E-state index contributed by atoms with van der Waals surface area (Å²) in [5.41, 5.74) is 0. The fourth-order valence-electron chi connectivity index (χ4n) is 1.71. The van der Waals surface area contributed by atoms with Crippen LogP contribution in [0.25, 0.3) is 0 Å². The average Bonchev–Trinajstić information content (AvgIpc) is 2.44. The van der Waals surface area contributed by atoms with Gasteiger partial charge in [0.05, 0.1) is 30.9 Å². The lowest BCUT2D eigenvalue weighted by Crippen LogP contribution is -2.43. The van der Waals surface area contributed by atoms with Gasteiger partial charge in [-0.3, -0.25) is 4.79 Å². The smallest absolute Gasteiger partial charge is 0.216 e. The van der Waals surface area contributed by atoms with Crippen molar-refractivity contribution in [2.45, 2.75) is 31.2 Å². The fraction of sp³-hybridized carbons (Fsp3) is 0.889. The van der Waals surface area contributed by atoms with Crippen LogP contribution in [0.5, 0.6) is 0 Å². The standard InChI is InChI=1S/C9H18N2O4/c1-5(12)10-3-6-8(13)9(14)7(11-6)4-15-2/h6-9,11,13-14H,3-4H2,1-2H3,(H,10,12)/t6-,7-,8-,9-/m1/s1. The number of hydrogen-bond acceptors (Lipinski definition) is 5. The maximum atomic E-state index is 10.7. The molecule has 1 aliphatic heterocycles. The molecule has 0 aromatic heterocycles. The van der Waals surface area contributed by atoms with Gasteiger partial charge in [-0.2, -0.15) is 0 Å². The molecule has 0 spiro atoms. The van der Waals surface area contributed by atoms with Crippen LogP contribution in [-0.2, 0) is 9.53 Å². The number of aliphatic hydroxyl groups excluding tert-OH is 2. The molecule has 0 unspecified atom stereocenters. The Balaban J connectivity index is 2.43. The molecular formula is C9H18N2O4. The molecule has 0 radical (unpaired) electrons. The van der Waals surface area contributed by atoms with Gasteiger partial charge in [-0.1, -0.05) is 0 Å². The zero-order valence-corrected chi connectivity index (χ0v) is 8.93. The minimum atomic E-state index is -0.878. The molecule has 0 saturated carbocycles. The van der Waals surface area contributed by atoms with Gasteiger partial charge >= 0.3 is 0 Å². The van der Waals surface area contributed by atoms with Crippen LogP contribution in [-0.4, -0.2) is 60.7 Å². The zero-order chi connectivity index (χ0) is 11.4. The maximum absolute atomic E-state index is 10.7. The molecule has 1 rings (SSSR count). The van der Waals surface area contributed by atoms with E-state index in [1.165, 1.54) is 14.0 Å². The van der Waals surface area contributed by atoms with Crippen molar-refractivity contribution < 1.29 is 19.7 Å². The largest absolute Gasteiger partial charge is 0.389 e. The van der Waals surface area contributed by atoms with E-state index >= 15 is 0 Å². The van der Waals surface area contributed by atoms with Gasteiger partial charge in [-0.25, -0.2) is 0 Å². The van der Waals surface area contributed by atoms with E-state index in [1.807, 2.05) is 0 Å². The van der Waals surface area contributed by atoms with Gasteiger partial charge < -0.3 is 25.6 Å². The second-order valence-electron chi connectivity index (χ2n) is 3.75. The highest BCUT2D eigenvalue weighted by Crippen LogP contribution is 2.14. The van der Waals surface area contributed by atoms with Gasteiger partial charge in [0.25, 0.3) is 0 Å². The van der Waals surface area contributed by atoms with E-state index in [2.05, 4.69) is 10.6 Å². The molecule has 88 valence electrons. The Kier molecular flexibility index (Phi) is 4.46. The lowest BCUT2D eigenvalue weighted by atomic mass is 10.1. The Labute approximate surface area is 88.6 Å². The first-order chi connectivity index (χ1) is 7.06. The molecule has 0 bridgehead atoms. The Morgan fingerprint density at radius 2 is 2.00 bits per heavy atom. The van der Waals surface area contributed by atoms with Crippen molar-refractivity contribution in [1.29, 1.82) is 0 Å². The van der Waals surface area contributed by atoms with E-state index in [0.29, 0.717) is 13.2 Å². The van der Waals surface area contributed by atoms with Crippen LogP contribution in [0.1, 0.15) is 6.92 Å². The summed E-state index contributed by atoms with van der Waals surface area (Å²) in [5, 5.41) is 24.9. The molecule has 0 aromatic rings. The molecule has 4 atom stereocenters. The summed E-state index contributed by atoms with van der Waals surface area (Å²) in [6.07, 6.45) is -1.74. The highest BCUT2D eigenvalue weighted by atomic mass is 16.5. The summed E-state index contributed by atoms with van der Waals surface area (Å²) in [4.78, 5) is 10.7. The number of amides is 1. The van der Waals surface area contributed by atoms with Crippen LogP contribution in [0.3, 0.4) is 0 Å². The van der Waals surface area contributed by atoms with Crippen molar-refractivity contribution in [3.63, 3.8) is 0 Å². The third kappa shape index (κ3) is 3.13. The van der Waals surface area contributed by atoms with Crippen molar-refractivity contribution in [2.24, 2.45) is 0 Å². The quantitative estimate of drug-likeness (QED) is 0.431. The second kappa shape index (κ2) is 5.41. The van der Waals surface area contributed by atoms with Crippen LogP contribution in [0.15, 0.2) is 0 Å². The molecule has 6 nitrogen and oxygen atoms in total. The second-order valence-corrected chi connectivity index (χ2v) is 3.75. The Hall–Kier alpha value is -0.690. The van der Waals surface area contributed by atoms with Crippen molar-refractivity contribution in [2.75, 3.05) is 20.3 Å². The van der Waals surface area contributed by atoms with E-state index in [0.717, 1.165) is 0 Å². The molecule has 4 N–H and O–H groups in total. The van der Waals surface area contributed by atoms with Gasteiger partial charge in [0, 0.05) is 20.6 Å². The van der Waals surface area contributed by atoms with Crippen LogP contribution in [0, 0.1) is 0 Å². The van der Waals surface area contributed by atoms with Crippen molar-refractivity contribution in [1.82, 2.24) is 10.6 Å². The number of aliphatic hydroxyl groups is 2. The summed E-state index contributed by atoms with van der Waals surface area (Å²) >= 11 is 0. The summed E-state index contributed by atoms with van der Waals surface area (Å²) in [6, 6.07) is -0.618. The van der Waals surface area contributed by atoms with Crippen molar-refractivity contribution in [3.05, 3.63) is 0 Å². The lowest BCUT2D eigenvalue weighted by Gasteiger charge is -2.15. The first-order valence-electron chi connectivity index (χ1n) is 4.91. The highest BCUT2D eigenvalue weighted by Gasteiger charge is 2.40. The third-order valence-electron chi connectivity index (χ3n) is 2.52. The lowest BCUT2D eigenvalue weighted by molar-refractivity contribution is -0.119. The predicted octanol–water partition coefficient (Wildman–Crippen LogP) is -2.17. The van der Waals surface area contributed by atoms with E-state index in [9.17, 15) is 15.0 Å². The van der Waals surface area contributed by atoms with E-state index in [4.69, 9.17) is 4.74 Å². The Morgan fingerprint density at radius 3 is 2.53 bits per heavy atom. The molecule has 0 aromatic carbocycles. The Morgan fingerprint density at radius 1 is 1.40 bits per heavy atom. The van der Waals surface area contributed by atoms with Gasteiger partial charge in [0.15, 0.2) is 0 Å². The molecule has 6 heteroatoms. The number of methoxy groups -OCH3 is 1. The third-order valence-corrected chi connectivity index (χ3v) is 2.52. The number of rotatable bonds is 4. The topological polar surface area (TPSA) is 90.8 Å². The van der Waals surface area contributed by atoms with Gasteiger partial charge in [-0.15, -0.1) is 0 Å². The van der Waals surface area contributed by atoms with Gasteiger partial charge in [0.2, 0.25) is 5.91 Å². The number of carbonyl (C=O) groups is 1. The molecule has 1 heterocycles. The molecule has 1 aliphatic rings. The number of nitrogens with one attached hydrogen (secondary N) is 2. The highest BCUT2D eigenvalue weighted by molar-refractivity contribution is 5.72. The molecule has 0 aliphatic carbocycles. The number of carbonyl (C=O) groups excluding carboxylic acids is 1. The van der Waals surface area contributed by atoms with Crippen molar-refractivity contribution in [3.8, 4) is 0 Å². The fourth-order valence-corrected chi connectivity index (χ4v) is 1.71. The summed E-state index contributed by atoms with van der Waals surface area (Å²) in [6.45, 7) is 2.03. The molecular weight excluding hydrogens is 200 g/mol. The minimum absolute atomic E-state index is 0.159. The number of hydrogen-bond donors (Lipinski definition) is 4. The first-order valence-corrected chi connectivity index (χ1v) is 4.91. The van der Waals surface area contributed by atoms with Crippen molar-refractivity contribution >= 4 is 5.91 Å². The van der Waals surface area contributed by atoms with E-state index in [-0.39, 0.29) is 18.0 Å². The zero-order valence-electron chi connectivity index (χ0n) is 8.93. The summed E-state index contributed by atoms with van der Waals surface area (Å²) < 4.78 is 4.90.